The zero-order chi connectivity index (χ0) is 31.0. The van der Waals surface area contributed by atoms with Gasteiger partial charge < -0.3 is 4.42 Å². The molecule has 0 spiro atoms. The second-order valence-electron chi connectivity index (χ2n) is 12.5. The molecule has 0 amide bonds. The summed E-state index contributed by atoms with van der Waals surface area (Å²) in [5.74, 6) is 0.666. The molecule has 0 saturated heterocycles. The molecular formula is C42H35N2O+. The maximum absolute atomic E-state index is 8.90. The molecule has 6 aromatic carbocycles. The van der Waals surface area contributed by atoms with Crippen LogP contribution >= 0.6 is 0 Å². The van der Waals surface area contributed by atoms with Gasteiger partial charge in [0.25, 0.3) is 5.82 Å². The van der Waals surface area contributed by atoms with Crippen LogP contribution in [0.4, 0.5) is 0 Å². The van der Waals surface area contributed by atoms with Crippen LogP contribution in [0.25, 0.3) is 71.9 Å². The second kappa shape index (κ2) is 10.2. The van der Waals surface area contributed by atoms with Crippen molar-refractivity contribution in [1.82, 2.24) is 4.57 Å². The monoisotopic (exact) mass is 584 g/mol. The van der Waals surface area contributed by atoms with Crippen molar-refractivity contribution in [3.8, 4) is 28.2 Å². The Hall–Kier alpha value is -5.15. The van der Waals surface area contributed by atoms with Crippen molar-refractivity contribution in [2.75, 3.05) is 0 Å². The highest BCUT2D eigenvalue weighted by atomic mass is 16.3. The summed E-state index contributed by atoms with van der Waals surface area (Å²) < 4.78 is 20.4. The van der Waals surface area contributed by atoms with Crippen molar-refractivity contribution in [1.29, 1.82) is 0 Å². The minimum absolute atomic E-state index is 0.419. The van der Waals surface area contributed by atoms with Crippen molar-refractivity contribution in [3.05, 3.63) is 132 Å². The van der Waals surface area contributed by atoms with Gasteiger partial charge in [-0.3, -0.25) is 0 Å². The molecule has 0 radical (unpaired) electrons. The number of hydrogen-bond donors (Lipinski definition) is 0. The molecule has 0 atom stereocenters. The van der Waals surface area contributed by atoms with Crippen LogP contribution in [0.2, 0.25) is 0 Å². The fourth-order valence-corrected chi connectivity index (χ4v) is 7.59. The molecule has 0 unspecified atom stereocenters. The topological polar surface area (TPSA) is 21.9 Å². The molecule has 0 N–H and O–H groups in total. The van der Waals surface area contributed by atoms with Crippen molar-refractivity contribution in [3.63, 3.8) is 0 Å². The van der Waals surface area contributed by atoms with Gasteiger partial charge in [0.1, 0.15) is 16.8 Å². The summed E-state index contributed by atoms with van der Waals surface area (Å²) in [6.07, 6.45) is 4.23. The largest absolute Gasteiger partial charge is 0.454 e. The first kappa shape index (κ1) is 25.2. The van der Waals surface area contributed by atoms with Gasteiger partial charge in [-0.25, -0.2) is 4.57 Å². The zero-order valence-corrected chi connectivity index (χ0v) is 25.7. The number of aromatic nitrogens is 2. The Bertz CT molecular complexity index is 2440. The van der Waals surface area contributed by atoms with Gasteiger partial charge in [0.2, 0.25) is 0 Å². The molecule has 218 valence electrons. The fourth-order valence-electron chi connectivity index (χ4n) is 7.59. The average molecular weight is 585 g/mol. The third-order valence-electron chi connectivity index (χ3n) is 9.94. The molecule has 9 rings (SSSR count). The van der Waals surface area contributed by atoms with E-state index in [4.69, 9.17) is 5.79 Å². The minimum Gasteiger partial charge on any atom is -0.454 e. The predicted octanol–water partition coefficient (Wildman–Crippen LogP) is 10.8. The zero-order valence-electron chi connectivity index (χ0n) is 26.7. The minimum atomic E-state index is -0.419. The second-order valence-corrected chi connectivity index (χ2v) is 12.5. The Labute approximate surface area is 264 Å². The molecule has 1 aliphatic rings. The first-order valence-electron chi connectivity index (χ1n) is 16.5. The van der Waals surface area contributed by atoms with E-state index in [-0.39, 0.29) is 0 Å². The Morgan fingerprint density at radius 2 is 1.36 bits per heavy atom. The molecule has 3 heteroatoms. The molecule has 45 heavy (non-hydrogen) atoms. The lowest BCUT2D eigenvalue weighted by molar-refractivity contribution is -0.633. The highest BCUT2D eigenvalue weighted by molar-refractivity contribution is 6.17. The molecule has 8 aromatic rings. The summed E-state index contributed by atoms with van der Waals surface area (Å²) in [5, 5.41) is 4.58. The predicted molar refractivity (Wildman–Crippen MR) is 186 cm³/mol. The Kier molecular flexibility index (Phi) is 5.72. The number of benzene rings is 6. The molecule has 0 bridgehead atoms. The van der Waals surface area contributed by atoms with Crippen LogP contribution < -0.4 is 4.57 Å². The van der Waals surface area contributed by atoms with E-state index >= 15 is 0 Å². The number of furan rings is 1. The number of nitrogens with zero attached hydrogens (tertiary/aromatic N) is 2. The summed E-state index contributed by atoms with van der Waals surface area (Å²) in [6.45, 7) is 2.18. The van der Waals surface area contributed by atoms with Crippen molar-refractivity contribution >= 4 is 43.7 Å². The molecule has 1 fully saturated rings. The van der Waals surface area contributed by atoms with Gasteiger partial charge in [0, 0.05) is 17.5 Å². The first-order valence-corrected chi connectivity index (χ1v) is 16.0. The average Bonchev–Trinajstić information content (AvgIpc) is 3.79. The highest BCUT2D eigenvalue weighted by Gasteiger charge is 2.30. The molecule has 2 aromatic heterocycles. The van der Waals surface area contributed by atoms with Gasteiger partial charge in [-0.1, -0.05) is 104 Å². The quantitative estimate of drug-likeness (QED) is 0.189. The van der Waals surface area contributed by atoms with E-state index in [2.05, 4.69) is 144 Å². The number of fused-ring (bicyclic) bond motifs is 6. The van der Waals surface area contributed by atoms with E-state index in [1.165, 1.54) is 22.1 Å². The van der Waals surface area contributed by atoms with Crippen LogP contribution in [0.1, 0.15) is 44.1 Å². The number of hydrogen-bond acceptors (Lipinski definition) is 1. The third-order valence-corrected chi connectivity index (χ3v) is 9.94. The summed E-state index contributed by atoms with van der Waals surface area (Å²) in [5.41, 5.74) is 11.0. The van der Waals surface area contributed by atoms with Crippen LogP contribution in [0.3, 0.4) is 0 Å². The molecule has 1 aliphatic carbocycles. The highest BCUT2D eigenvalue weighted by Crippen LogP contribution is 2.41. The normalized spacial score (nSPS) is 15.0. The summed E-state index contributed by atoms with van der Waals surface area (Å²) in [7, 11) is 2.16. The molecule has 1 saturated carbocycles. The Morgan fingerprint density at radius 3 is 2.16 bits per heavy atom. The van der Waals surface area contributed by atoms with Crippen molar-refractivity contribution in [2.24, 2.45) is 7.05 Å². The number of para-hydroxylation sites is 2. The van der Waals surface area contributed by atoms with E-state index in [0.717, 1.165) is 86.7 Å². The summed E-state index contributed by atoms with van der Waals surface area (Å²) in [4.78, 5) is 0. The molecular weight excluding hydrogens is 548 g/mol. The van der Waals surface area contributed by atoms with Crippen LogP contribution in [-0.4, -0.2) is 4.57 Å². The van der Waals surface area contributed by atoms with E-state index in [1.54, 1.807) is 0 Å². The smallest absolute Gasteiger partial charge is 0.298 e. The lowest BCUT2D eigenvalue weighted by Crippen LogP contribution is -2.30. The number of aryl methyl sites for hydroxylation is 2. The Morgan fingerprint density at radius 1 is 0.689 bits per heavy atom. The SMILES string of the molecule is [2H]C1(c2ccc(-c3ccc(-n4c(-c5c(C)ccc6c5oc5c7ccccc7ccc65)[n+](C)c5ccccc54)cc3)cc2)CCCC1. The van der Waals surface area contributed by atoms with E-state index in [9.17, 15) is 0 Å². The molecule has 2 heterocycles. The first-order chi connectivity index (χ1) is 22.5. The van der Waals surface area contributed by atoms with Gasteiger partial charge in [-0.15, -0.1) is 0 Å². The van der Waals surface area contributed by atoms with E-state index in [1.807, 2.05) is 0 Å². The number of rotatable bonds is 4. The van der Waals surface area contributed by atoms with E-state index < -0.39 is 5.89 Å². The van der Waals surface area contributed by atoms with Crippen molar-refractivity contribution in [2.45, 2.75) is 38.5 Å². The number of imidazole rings is 1. The van der Waals surface area contributed by atoms with Crippen molar-refractivity contribution < 1.29 is 10.4 Å². The summed E-state index contributed by atoms with van der Waals surface area (Å²) >= 11 is 0. The standard InChI is InChI=1S/C42H35N2O/c1-27-15-25-36-35-26-22-32-11-5-6-12-34(32)40(35)45-41(36)39(27)42-43(2)37-13-7-8-14-38(37)44(42)33-23-20-31(21-24-33)30-18-16-29(17-19-30)28-9-3-4-10-28/h5-8,11-26,28H,3-4,9-10H2,1-2H3/q+1/i28D. The fraction of sp³-hybridized carbons (Fsp3) is 0.167. The van der Waals surface area contributed by atoms with Gasteiger partial charge in [0.15, 0.2) is 16.6 Å². The molecule has 0 aliphatic heterocycles. The lowest BCUT2D eigenvalue weighted by atomic mass is 9.95. The van der Waals surface area contributed by atoms with Gasteiger partial charge in [-0.05, 0) is 83.6 Å². The lowest BCUT2D eigenvalue weighted by Gasteiger charge is -2.11. The van der Waals surface area contributed by atoms with Gasteiger partial charge in [-0.2, -0.15) is 4.57 Å². The maximum atomic E-state index is 8.90. The molecule has 3 nitrogen and oxygen atoms in total. The van der Waals surface area contributed by atoms with Crippen LogP contribution in [-0.2, 0) is 7.05 Å². The third kappa shape index (κ3) is 4.07. The van der Waals surface area contributed by atoms with E-state index in [0.29, 0.717) is 0 Å². The Balaban J connectivity index is 1.22. The maximum Gasteiger partial charge on any atom is 0.298 e. The van der Waals surface area contributed by atoms with Crippen LogP contribution in [0, 0.1) is 6.92 Å². The van der Waals surface area contributed by atoms with Gasteiger partial charge in [0.05, 0.1) is 7.05 Å². The van der Waals surface area contributed by atoms with Crippen LogP contribution in [0.15, 0.2) is 126 Å². The summed E-state index contributed by atoms with van der Waals surface area (Å²) in [6, 6.07) is 43.5. The van der Waals surface area contributed by atoms with Crippen LogP contribution in [0.5, 0.6) is 0 Å². The van der Waals surface area contributed by atoms with Gasteiger partial charge >= 0.3 is 0 Å².